The molecular weight excluding hydrogens is 284 g/mol. The quantitative estimate of drug-likeness (QED) is 0.756. The van der Waals surface area contributed by atoms with E-state index < -0.39 is 10.8 Å². The lowest BCUT2D eigenvalue weighted by molar-refractivity contribution is -0.148. The molecular formula is C17H24O3S. The highest BCUT2D eigenvalue weighted by Crippen LogP contribution is 2.23. The van der Waals surface area contributed by atoms with Crippen molar-refractivity contribution in [2.24, 2.45) is 5.92 Å². The lowest BCUT2D eigenvalue weighted by atomic mass is 10.0. The Morgan fingerprint density at radius 3 is 2.57 bits per heavy atom. The second-order valence-corrected chi connectivity index (χ2v) is 7.56. The molecule has 0 heterocycles. The predicted molar refractivity (Wildman–Crippen MR) is 85.3 cm³/mol. The maximum atomic E-state index is 12.3. The fourth-order valence-electron chi connectivity index (χ4n) is 2.65. The number of ether oxygens (including phenoxy) is 1. The summed E-state index contributed by atoms with van der Waals surface area (Å²) in [5, 5.41) is 0.281. The van der Waals surface area contributed by atoms with Gasteiger partial charge in [0.25, 0.3) is 0 Å². The molecule has 0 aromatic heterocycles. The molecule has 4 heteroatoms. The van der Waals surface area contributed by atoms with Crippen LogP contribution in [0.5, 0.6) is 0 Å². The van der Waals surface area contributed by atoms with E-state index in [1.54, 1.807) is 0 Å². The molecule has 1 fully saturated rings. The van der Waals surface area contributed by atoms with Gasteiger partial charge in [0.2, 0.25) is 0 Å². The van der Waals surface area contributed by atoms with Crippen molar-refractivity contribution in [2.75, 3.05) is 5.75 Å². The second-order valence-electron chi connectivity index (χ2n) is 5.80. The fraction of sp³-hybridized carbons (Fsp3) is 0.588. The van der Waals surface area contributed by atoms with Gasteiger partial charge >= 0.3 is 5.97 Å². The van der Waals surface area contributed by atoms with Gasteiger partial charge in [0.15, 0.2) is 0 Å². The van der Waals surface area contributed by atoms with E-state index in [1.807, 2.05) is 37.3 Å². The number of hydrogen-bond donors (Lipinski definition) is 0. The van der Waals surface area contributed by atoms with E-state index in [0.29, 0.717) is 12.4 Å². The molecule has 1 aliphatic carbocycles. The number of carbonyl (C=O) groups excluding carboxylic acids is 1. The van der Waals surface area contributed by atoms with Crippen molar-refractivity contribution in [3.63, 3.8) is 0 Å². The third-order valence-corrected chi connectivity index (χ3v) is 6.01. The number of carbonyl (C=O) groups is 1. The summed E-state index contributed by atoms with van der Waals surface area (Å²) in [6.07, 6.45) is 5.67. The topological polar surface area (TPSA) is 43.4 Å². The van der Waals surface area contributed by atoms with Crippen LogP contribution < -0.4 is 0 Å². The van der Waals surface area contributed by atoms with E-state index in [-0.39, 0.29) is 17.1 Å². The Balaban J connectivity index is 1.75. The summed E-state index contributed by atoms with van der Waals surface area (Å²) >= 11 is 0. The van der Waals surface area contributed by atoms with Crippen molar-refractivity contribution in [1.82, 2.24) is 0 Å². The number of benzene rings is 1. The molecule has 2 atom stereocenters. The van der Waals surface area contributed by atoms with E-state index in [1.165, 1.54) is 19.3 Å². The molecule has 0 bridgehead atoms. The number of esters is 1. The molecule has 116 valence electrons. The summed E-state index contributed by atoms with van der Waals surface area (Å²) in [4.78, 5) is 12.0. The minimum absolute atomic E-state index is 0.247. The normalized spacial score (nSPS) is 18.9. The molecule has 2 unspecified atom stereocenters. The lowest BCUT2D eigenvalue weighted by Crippen LogP contribution is -2.27. The molecule has 1 aromatic rings. The first-order valence-corrected chi connectivity index (χ1v) is 9.13. The van der Waals surface area contributed by atoms with Gasteiger partial charge in [-0.1, -0.05) is 56.5 Å². The first-order chi connectivity index (χ1) is 10.2. The van der Waals surface area contributed by atoms with Crippen LogP contribution in [0.25, 0.3) is 0 Å². The van der Waals surface area contributed by atoms with Gasteiger partial charge in [-0.2, -0.15) is 0 Å². The van der Waals surface area contributed by atoms with Crippen molar-refractivity contribution < 1.29 is 13.7 Å². The van der Waals surface area contributed by atoms with Crippen LogP contribution in [0.3, 0.4) is 0 Å². The largest absolute Gasteiger partial charge is 0.461 e. The fourth-order valence-corrected chi connectivity index (χ4v) is 4.41. The maximum absolute atomic E-state index is 12.3. The van der Waals surface area contributed by atoms with Gasteiger partial charge in [0, 0.05) is 21.8 Å². The summed E-state index contributed by atoms with van der Waals surface area (Å²) < 4.78 is 17.6. The summed E-state index contributed by atoms with van der Waals surface area (Å²) in [6.45, 7) is 2.11. The Morgan fingerprint density at radius 1 is 1.24 bits per heavy atom. The third-order valence-electron chi connectivity index (χ3n) is 3.96. The summed E-state index contributed by atoms with van der Waals surface area (Å²) in [7, 11) is -0.906. The van der Waals surface area contributed by atoms with E-state index in [2.05, 4.69) is 0 Å². The van der Waals surface area contributed by atoms with E-state index in [9.17, 15) is 9.00 Å². The molecule has 1 saturated carbocycles. The smallest absolute Gasteiger partial charge is 0.309 e. The molecule has 0 amide bonds. The molecule has 1 aromatic carbocycles. The van der Waals surface area contributed by atoms with Gasteiger partial charge < -0.3 is 4.74 Å². The molecule has 0 saturated heterocycles. The van der Waals surface area contributed by atoms with E-state index in [4.69, 9.17) is 4.74 Å². The van der Waals surface area contributed by atoms with Crippen molar-refractivity contribution in [2.45, 2.75) is 50.9 Å². The molecule has 21 heavy (non-hydrogen) atoms. The number of hydrogen-bond acceptors (Lipinski definition) is 3. The average Bonchev–Trinajstić information content (AvgIpc) is 2.54. The van der Waals surface area contributed by atoms with Gasteiger partial charge in [-0.05, 0) is 18.4 Å². The average molecular weight is 308 g/mol. The minimum atomic E-state index is -0.906. The van der Waals surface area contributed by atoms with Crippen LogP contribution in [0, 0.1) is 5.92 Å². The number of rotatable bonds is 6. The van der Waals surface area contributed by atoms with Gasteiger partial charge in [0.05, 0.1) is 5.92 Å². The Kier molecular flexibility index (Phi) is 6.43. The monoisotopic (exact) mass is 308 g/mol. The standard InChI is InChI=1S/C17H24O3S/c1-14(13-21(19)16-10-6-3-7-11-16)17(18)20-12-15-8-4-2-5-9-15/h2,4-5,8-9,14,16H,3,6-7,10-13H2,1H3. The van der Waals surface area contributed by atoms with Crippen LogP contribution in [0.4, 0.5) is 0 Å². The SMILES string of the molecule is CC(CS(=O)C1CCCCC1)C(=O)OCc1ccccc1. The maximum Gasteiger partial charge on any atom is 0.309 e. The highest BCUT2D eigenvalue weighted by atomic mass is 32.2. The van der Waals surface area contributed by atoms with Crippen molar-refractivity contribution in [3.8, 4) is 0 Å². The molecule has 0 radical (unpaired) electrons. The molecule has 0 spiro atoms. The molecule has 0 N–H and O–H groups in total. The minimum Gasteiger partial charge on any atom is -0.461 e. The van der Waals surface area contributed by atoms with Crippen LogP contribution in [0.2, 0.25) is 0 Å². The summed E-state index contributed by atoms with van der Waals surface area (Å²) in [5.74, 6) is -0.113. The Bertz CT molecular complexity index is 466. The van der Waals surface area contributed by atoms with Gasteiger partial charge in [-0.25, -0.2) is 0 Å². The van der Waals surface area contributed by atoms with Gasteiger partial charge in [-0.3, -0.25) is 9.00 Å². The van der Waals surface area contributed by atoms with E-state index in [0.717, 1.165) is 18.4 Å². The summed E-state index contributed by atoms with van der Waals surface area (Å²) in [6, 6.07) is 9.63. The van der Waals surface area contributed by atoms with Gasteiger partial charge in [-0.15, -0.1) is 0 Å². The highest BCUT2D eigenvalue weighted by Gasteiger charge is 2.24. The van der Waals surface area contributed by atoms with E-state index >= 15 is 0 Å². The molecule has 0 aliphatic heterocycles. The Morgan fingerprint density at radius 2 is 1.90 bits per heavy atom. The van der Waals surface area contributed by atoms with Crippen LogP contribution in [-0.4, -0.2) is 21.2 Å². The molecule has 2 rings (SSSR count). The first-order valence-electron chi connectivity index (χ1n) is 7.74. The zero-order valence-electron chi connectivity index (χ0n) is 12.6. The predicted octanol–water partition coefficient (Wildman–Crippen LogP) is 3.45. The molecule has 1 aliphatic rings. The van der Waals surface area contributed by atoms with Crippen LogP contribution in [-0.2, 0) is 26.9 Å². The lowest BCUT2D eigenvalue weighted by Gasteiger charge is -2.22. The van der Waals surface area contributed by atoms with Crippen molar-refractivity contribution >= 4 is 16.8 Å². The summed E-state index contributed by atoms with van der Waals surface area (Å²) in [5.41, 5.74) is 0.978. The zero-order valence-corrected chi connectivity index (χ0v) is 13.4. The van der Waals surface area contributed by atoms with Crippen LogP contribution >= 0.6 is 0 Å². The highest BCUT2D eigenvalue weighted by molar-refractivity contribution is 7.85. The Labute approximate surface area is 129 Å². The molecule has 3 nitrogen and oxygen atoms in total. The van der Waals surface area contributed by atoms with Crippen molar-refractivity contribution in [1.29, 1.82) is 0 Å². The van der Waals surface area contributed by atoms with Gasteiger partial charge in [0.1, 0.15) is 6.61 Å². The zero-order chi connectivity index (χ0) is 15.1. The van der Waals surface area contributed by atoms with Crippen LogP contribution in [0.15, 0.2) is 30.3 Å². The Hall–Kier alpha value is -1.16. The first kappa shape index (κ1) is 16.2. The second kappa shape index (κ2) is 8.32. The van der Waals surface area contributed by atoms with Crippen molar-refractivity contribution in [3.05, 3.63) is 35.9 Å². The van der Waals surface area contributed by atoms with Crippen LogP contribution in [0.1, 0.15) is 44.6 Å². The third kappa shape index (κ3) is 5.27.